The summed E-state index contributed by atoms with van der Waals surface area (Å²) in [6.07, 6.45) is -0.844. The van der Waals surface area contributed by atoms with Gasteiger partial charge in [-0.05, 0) is 55.8 Å². The van der Waals surface area contributed by atoms with Crippen molar-refractivity contribution in [1.29, 1.82) is 0 Å². The Kier molecular flexibility index (Phi) is 5.56. The normalized spacial score (nSPS) is 18.5. The number of alkyl halides is 3. The van der Waals surface area contributed by atoms with Crippen LogP contribution in [0, 0.1) is 0 Å². The lowest BCUT2D eigenvalue weighted by Crippen LogP contribution is -2.47. The van der Waals surface area contributed by atoms with Gasteiger partial charge < -0.3 is 5.32 Å². The van der Waals surface area contributed by atoms with Gasteiger partial charge in [-0.15, -0.1) is 0 Å². The minimum atomic E-state index is -4.40. The molecule has 3 rings (SSSR count). The zero-order valence-electron chi connectivity index (χ0n) is 14.2. The fourth-order valence-corrected chi connectivity index (χ4v) is 3.12. The monoisotopic (exact) mass is 363 g/mol. The Morgan fingerprint density at radius 3 is 2.62 bits per heavy atom. The lowest BCUT2D eigenvalue weighted by atomic mass is 10.0. The minimum Gasteiger partial charge on any atom is -0.348 e. The van der Waals surface area contributed by atoms with Crippen LogP contribution in [-0.4, -0.2) is 34.9 Å². The molecule has 1 aromatic heterocycles. The van der Waals surface area contributed by atoms with Crippen LogP contribution in [0.15, 0.2) is 48.7 Å². The van der Waals surface area contributed by atoms with Crippen molar-refractivity contribution in [2.24, 2.45) is 0 Å². The number of piperidine rings is 1. The van der Waals surface area contributed by atoms with Crippen LogP contribution in [-0.2, 0) is 12.7 Å². The van der Waals surface area contributed by atoms with E-state index in [1.165, 1.54) is 12.1 Å². The molecule has 0 aliphatic carbocycles. The van der Waals surface area contributed by atoms with Gasteiger partial charge in [0.15, 0.2) is 0 Å². The van der Waals surface area contributed by atoms with Gasteiger partial charge in [0.05, 0.1) is 11.3 Å². The van der Waals surface area contributed by atoms with Gasteiger partial charge >= 0.3 is 6.18 Å². The second kappa shape index (κ2) is 7.86. The molecule has 138 valence electrons. The quantitative estimate of drug-likeness (QED) is 0.904. The number of hydrogen-bond acceptors (Lipinski definition) is 3. The largest absolute Gasteiger partial charge is 0.416 e. The highest BCUT2D eigenvalue weighted by Crippen LogP contribution is 2.29. The number of nitrogens with zero attached hydrogens (tertiary/aromatic N) is 2. The topological polar surface area (TPSA) is 45.2 Å². The van der Waals surface area contributed by atoms with Crippen LogP contribution >= 0.6 is 0 Å². The molecule has 26 heavy (non-hydrogen) atoms. The molecular weight excluding hydrogens is 343 g/mol. The molecular formula is C19H20F3N3O. The van der Waals surface area contributed by atoms with Gasteiger partial charge in [-0.2, -0.15) is 13.2 Å². The number of rotatable bonds is 4. The Morgan fingerprint density at radius 1 is 1.19 bits per heavy atom. The van der Waals surface area contributed by atoms with Gasteiger partial charge in [0.1, 0.15) is 0 Å². The van der Waals surface area contributed by atoms with Crippen molar-refractivity contribution < 1.29 is 18.0 Å². The second-order valence-electron chi connectivity index (χ2n) is 6.44. The molecule has 1 saturated heterocycles. The first kappa shape index (κ1) is 18.4. The maximum absolute atomic E-state index is 12.6. The number of aromatic nitrogens is 1. The molecule has 0 bridgehead atoms. The van der Waals surface area contributed by atoms with Gasteiger partial charge in [0.2, 0.25) is 0 Å². The van der Waals surface area contributed by atoms with Crippen LogP contribution in [0.1, 0.15) is 34.5 Å². The highest BCUT2D eigenvalue weighted by Gasteiger charge is 2.30. The number of pyridine rings is 1. The van der Waals surface area contributed by atoms with E-state index in [0.29, 0.717) is 13.1 Å². The smallest absolute Gasteiger partial charge is 0.348 e. The molecule has 1 aromatic carbocycles. The van der Waals surface area contributed by atoms with Gasteiger partial charge in [-0.3, -0.25) is 14.7 Å². The molecule has 1 amide bonds. The van der Waals surface area contributed by atoms with Crippen LogP contribution < -0.4 is 5.32 Å². The van der Waals surface area contributed by atoms with Crippen LogP contribution in [0.4, 0.5) is 13.2 Å². The standard InChI is InChI=1S/C19H20F3N3O/c20-19(21,22)15-8-6-14(7-9-15)18(26)24-17-5-3-11-25(13-17)12-16-4-1-2-10-23-16/h1-2,4,6-10,17H,3,5,11-13H2,(H,24,26)/t17-/m1/s1. The lowest BCUT2D eigenvalue weighted by molar-refractivity contribution is -0.137. The summed E-state index contributed by atoms with van der Waals surface area (Å²) in [7, 11) is 0. The third kappa shape index (κ3) is 4.82. The molecule has 2 heterocycles. The fourth-order valence-electron chi connectivity index (χ4n) is 3.12. The van der Waals surface area contributed by atoms with E-state index in [2.05, 4.69) is 15.2 Å². The first-order chi connectivity index (χ1) is 12.4. The fraction of sp³-hybridized carbons (Fsp3) is 0.368. The SMILES string of the molecule is O=C(N[C@@H]1CCCN(Cc2ccccn2)C1)c1ccc(C(F)(F)F)cc1. The average molecular weight is 363 g/mol. The van der Waals surface area contributed by atoms with Gasteiger partial charge in [0.25, 0.3) is 5.91 Å². The predicted octanol–water partition coefficient (Wildman–Crippen LogP) is 3.49. The van der Waals surface area contributed by atoms with Crippen molar-refractivity contribution in [3.63, 3.8) is 0 Å². The molecule has 1 atom stereocenters. The number of benzene rings is 1. The Hall–Kier alpha value is -2.41. The highest BCUT2D eigenvalue weighted by atomic mass is 19.4. The Morgan fingerprint density at radius 2 is 1.96 bits per heavy atom. The Balaban J connectivity index is 1.57. The average Bonchev–Trinajstić information content (AvgIpc) is 2.62. The number of halogens is 3. The van der Waals surface area contributed by atoms with E-state index in [0.717, 1.165) is 37.2 Å². The number of hydrogen-bond donors (Lipinski definition) is 1. The molecule has 0 unspecified atom stereocenters. The van der Waals surface area contributed by atoms with E-state index in [1.54, 1.807) is 6.20 Å². The summed E-state index contributed by atoms with van der Waals surface area (Å²) in [6.45, 7) is 2.35. The summed E-state index contributed by atoms with van der Waals surface area (Å²) in [4.78, 5) is 18.9. The van der Waals surface area contributed by atoms with Crippen molar-refractivity contribution in [1.82, 2.24) is 15.2 Å². The number of carbonyl (C=O) groups is 1. The van der Waals surface area contributed by atoms with Crippen LogP contribution in [0.2, 0.25) is 0 Å². The van der Waals surface area contributed by atoms with Crippen molar-refractivity contribution in [2.75, 3.05) is 13.1 Å². The number of nitrogens with one attached hydrogen (secondary N) is 1. The van der Waals surface area contributed by atoms with E-state index >= 15 is 0 Å². The Labute approximate surface area is 150 Å². The maximum Gasteiger partial charge on any atom is 0.416 e. The first-order valence-corrected chi connectivity index (χ1v) is 8.52. The van der Waals surface area contributed by atoms with Crippen LogP contribution in [0.5, 0.6) is 0 Å². The van der Waals surface area contributed by atoms with Crippen LogP contribution in [0.3, 0.4) is 0 Å². The molecule has 4 nitrogen and oxygen atoms in total. The van der Waals surface area contributed by atoms with Crippen molar-refractivity contribution >= 4 is 5.91 Å². The van der Waals surface area contributed by atoms with Crippen molar-refractivity contribution in [3.05, 3.63) is 65.5 Å². The summed E-state index contributed by atoms with van der Waals surface area (Å²) in [6, 6.07) is 10.0. The maximum atomic E-state index is 12.6. The molecule has 1 fully saturated rings. The lowest BCUT2D eigenvalue weighted by Gasteiger charge is -2.32. The van der Waals surface area contributed by atoms with E-state index in [9.17, 15) is 18.0 Å². The molecule has 0 radical (unpaired) electrons. The summed E-state index contributed by atoms with van der Waals surface area (Å²) in [5.41, 5.74) is 0.454. The van der Waals surface area contributed by atoms with Gasteiger partial charge in [-0.1, -0.05) is 6.07 Å². The molecule has 1 aliphatic heterocycles. The molecule has 7 heteroatoms. The van der Waals surface area contributed by atoms with E-state index < -0.39 is 11.7 Å². The van der Waals surface area contributed by atoms with E-state index in [1.807, 2.05) is 18.2 Å². The second-order valence-corrected chi connectivity index (χ2v) is 6.44. The van der Waals surface area contributed by atoms with Crippen molar-refractivity contribution in [3.8, 4) is 0 Å². The number of likely N-dealkylation sites (tertiary alicyclic amines) is 1. The minimum absolute atomic E-state index is 0.0257. The van der Waals surface area contributed by atoms with Gasteiger partial charge in [-0.25, -0.2) is 0 Å². The zero-order valence-corrected chi connectivity index (χ0v) is 14.2. The van der Waals surface area contributed by atoms with Gasteiger partial charge in [0, 0.05) is 30.9 Å². The van der Waals surface area contributed by atoms with E-state index in [-0.39, 0.29) is 17.5 Å². The zero-order chi connectivity index (χ0) is 18.6. The third-order valence-corrected chi connectivity index (χ3v) is 4.43. The molecule has 0 saturated carbocycles. The first-order valence-electron chi connectivity index (χ1n) is 8.52. The predicted molar refractivity (Wildman–Crippen MR) is 91.4 cm³/mol. The highest BCUT2D eigenvalue weighted by molar-refractivity contribution is 5.94. The molecule has 0 spiro atoms. The molecule has 2 aromatic rings. The third-order valence-electron chi connectivity index (χ3n) is 4.43. The summed E-state index contributed by atoms with van der Waals surface area (Å²) >= 11 is 0. The summed E-state index contributed by atoms with van der Waals surface area (Å²) < 4.78 is 37.8. The Bertz CT molecular complexity index is 732. The summed E-state index contributed by atoms with van der Waals surface area (Å²) in [5, 5.41) is 2.93. The molecule has 1 aliphatic rings. The molecule has 1 N–H and O–H groups in total. The van der Waals surface area contributed by atoms with Crippen molar-refractivity contribution in [2.45, 2.75) is 31.6 Å². The summed E-state index contributed by atoms with van der Waals surface area (Å²) in [5.74, 6) is -0.344. The van der Waals surface area contributed by atoms with E-state index in [4.69, 9.17) is 0 Å². The van der Waals surface area contributed by atoms with Crippen LogP contribution in [0.25, 0.3) is 0 Å². The number of carbonyl (C=O) groups excluding carboxylic acids is 1. The number of amides is 1.